The molecule has 1 atom stereocenters. The summed E-state index contributed by atoms with van der Waals surface area (Å²) in [6.45, 7) is 4.58. The van der Waals surface area contributed by atoms with Gasteiger partial charge >= 0.3 is 0 Å². The van der Waals surface area contributed by atoms with Crippen LogP contribution in [0.5, 0.6) is 11.8 Å². The molecule has 0 bridgehead atoms. The van der Waals surface area contributed by atoms with Gasteiger partial charge in [-0.1, -0.05) is 0 Å². The molecular weight excluding hydrogens is 440 g/mol. The first kappa shape index (κ1) is 22.2. The zero-order valence-electron chi connectivity index (χ0n) is 18.9. The number of rotatable bonds is 8. The molecule has 5 heterocycles. The van der Waals surface area contributed by atoms with Crippen LogP contribution >= 0.6 is 0 Å². The third kappa shape index (κ3) is 4.82. The summed E-state index contributed by atoms with van der Waals surface area (Å²) in [6.07, 6.45) is 4.28. The molecule has 34 heavy (non-hydrogen) atoms. The van der Waals surface area contributed by atoms with Gasteiger partial charge in [0, 0.05) is 32.2 Å². The molecule has 178 valence electrons. The number of ether oxygens (including phenoxy) is 2. The highest BCUT2D eigenvalue weighted by molar-refractivity contribution is 5.93. The van der Waals surface area contributed by atoms with E-state index in [4.69, 9.17) is 9.47 Å². The first-order valence-corrected chi connectivity index (χ1v) is 11.2. The first-order chi connectivity index (χ1) is 16.6. The Bertz CT molecular complexity index is 1260. The van der Waals surface area contributed by atoms with E-state index in [9.17, 15) is 9.59 Å². The van der Waals surface area contributed by atoms with Gasteiger partial charge in [-0.25, -0.2) is 15.0 Å². The number of carbonyl (C=O) groups excluding carboxylic acids is 1. The van der Waals surface area contributed by atoms with Crippen LogP contribution in [0.4, 0.5) is 5.82 Å². The smallest absolute Gasteiger partial charge is 0.263 e. The van der Waals surface area contributed by atoms with E-state index >= 15 is 0 Å². The number of anilines is 1. The van der Waals surface area contributed by atoms with Crippen molar-refractivity contribution in [3.8, 4) is 11.8 Å². The minimum Gasteiger partial charge on any atom is -0.480 e. The minimum absolute atomic E-state index is 0.0335. The predicted octanol–water partition coefficient (Wildman–Crippen LogP) is 0.0327. The van der Waals surface area contributed by atoms with Gasteiger partial charge in [0.25, 0.3) is 17.3 Å². The summed E-state index contributed by atoms with van der Waals surface area (Å²) in [5.41, 5.74) is 1.85. The number of amides is 1. The largest absolute Gasteiger partial charge is 0.480 e. The lowest BCUT2D eigenvalue weighted by Crippen LogP contribution is -2.31. The first-order valence-electron chi connectivity index (χ1n) is 11.2. The summed E-state index contributed by atoms with van der Waals surface area (Å²) in [6, 6.07) is 3.22. The average Bonchev–Trinajstić information content (AvgIpc) is 3.30. The fourth-order valence-corrected chi connectivity index (χ4v) is 4.27. The number of methoxy groups -OCH3 is 1. The summed E-state index contributed by atoms with van der Waals surface area (Å²) >= 11 is 0. The van der Waals surface area contributed by atoms with Crippen LogP contribution in [-0.4, -0.2) is 75.2 Å². The van der Waals surface area contributed by atoms with Crippen molar-refractivity contribution in [2.45, 2.75) is 19.5 Å². The molecule has 1 amide bonds. The van der Waals surface area contributed by atoms with E-state index in [1.165, 1.54) is 13.2 Å². The van der Waals surface area contributed by atoms with Crippen molar-refractivity contribution < 1.29 is 14.3 Å². The molecule has 0 aromatic carbocycles. The summed E-state index contributed by atoms with van der Waals surface area (Å²) in [4.78, 5) is 43.7. The Hall–Kier alpha value is -3.64. The fraction of sp³-hybridized carbons (Fsp3) is 0.455. The van der Waals surface area contributed by atoms with E-state index in [0.717, 1.165) is 38.3 Å². The van der Waals surface area contributed by atoms with Crippen LogP contribution in [0.2, 0.25) is 0 Å². The van der Waals surface area contributed by atoms with Gasteiger partial charge in [0.05, 0.1) is 25.2 Å². The Labute approximate surface area is 195 Å². The molecule has 2 aliphatic heterocycles. The number of hydrogen-bond donors (Lipinski definition) is 2. The lowest BCUT2D eigenvalue weighted by Gasteiger charge is -2.18. The number of aromatic nitrogens is 5. The number of likely N-dealkylation sites (tertiary alicyclic amines) is 1. The molecule has 1 fully saturated rings. The number of fused-ring (bicyclic) bond motifs is 2. The van der Waals surface area contributed by atoms with Crippen molar-refractivity contribution in [2.75, 3.05) is 45.2 Å². The van der Waals surface area contributed by atoms with E-state index in [1.807, 2.05) is 0 Å². The van der Waals surface area contributed by atoms with Crippen LogP contribution < -0.4 is 25.7 Å². The molecule has 1 saturated heterocycles. The van der Waals surface area contributed by atoms with Crippen molar-refractivity contribution in [3.05, 3.63) is 40.6 Å². The molecule has 12 heteroatoms. The van der Waals surface area contributed by atoms with Crippen molar-refractivity contribution in [1.29, 1.82) is 0 Å². The molecular formula is C22H26N8O4. The number of nitrogens with zero attached hydrogens (tertiary/aromatic N) is 6. The maximum atomic E-state index is 12.5. The average molecular weight is 467 g/mol. The normalized spacial score (nSPS) is 17.9. The van der Waals surface area contributed by atoms with E-state index in [0.29, 0.717) is 47.7 Å². The van der Waals surface area contributed by atoms with Crippen LogP contribution in [0.1, 0.15) is 12.1 Å². The lowest BCUT2D eigenvalue weighted by molar-refractivity contribution is -0.118. The van der Waals surface area contributed by atoms with Gasteiger partial charge in [-0.3, -0.25) is 14.2 Å². The zero-order chi connectivity index (χ0) is 23.5. The SMILES string of the molecule is COc1cnc2ccc(=O)n(CCN3CC[C@@H](CNCc4cnc5c(n4)NC(=O)CO5)C3)c2n1. The zero-order valence-corrected chi connectivity index (χ0v) is 18.9. The fourth-order valence-electron chi connectivity index (χ4n) is 4.27. The van der Waals surface area contributed by atoms with Crippen LogP contribution in [0.3, 0.4) is 0 Å². The predicted molar refractivity (Wildman–Crippen MR) is 123 cm³/mol. The molecule has 12 nitrogen and oxygen atoms in total. The van der Waals surface area contributed by atoms with Crippen molar-refractivity contribution in [1.82, 2.24) is 34.7 Å². The highest BCUT2D eigenvalue weighted by Gasteiger charge is 2.23. The topological polar surface area (TPSA) is 136 Å². The number of pyridine rings is 1. The monoisotopic (exact) mass is 466 g/mol. The highest BCUT2D eigenvalue weighted by Crippen LogP contribution is 2.22. The van der Waals surface area contributed by atoms with Gasteiger partial charge in [-0.05, 0) is 31.5 Å². The van der Waals surface area contributed by atoms with E-state index in [-0.39, 0.29) is 18.1 Å². The van der Waals surface area contributed by atoms with Gasteiger partial charge in [0.2, 0.25) is 5.88 Å². The third-order valence-electron chi connectivity index (χ3n) is 6.01. The summed E-state index contributed by atoms with van der Waals surface area (Å²) in [5, 5.41) is 6.11. The van der Waals surface area contributed by atoms with Crippen molar-refractivity contribution in [2.24, 2.45) is 5.92 Å². The van der Waals surface area contributed by atoms with Crippen LogP contribution in [0.25, 0.3) is 11.2 Å². The van der Waals surface area contributed by atoms with Gasteiger partial charge in [-0.15, -0.1) is 0 Å². The molecule has 0 unspecified atom stereocenters. The molecule has 3 aromatic heterocycles. The molecule has 2 N–H and O–H groups in total. The molecule has 0 spiro atoms. The Morgan fingerprint density at radius 1 is 1.21 bits per heavy atom. The van der Waals surface area contributed by atoms with Gasteiger partial charge in [0.1, 0.15) is 5.52 Å². The van der Waals surface area contributed by atoms with Crippen LogP contribution in [-0.2, 0) is 17.9 Å². The second kappa shape index (κ2) is 9.69. The molecule has 2 aliphatic rings. The number of carbonyl (C=O) groups is 1. The highest BCUT2D eigenvalue weighted by atomic mass is 16.5. The van der Waals surface area contributed by atoms with Gasteiger partial charge in [-0.2, -0.15) is 4.98 Å². The van der Waals surface area contributed by atoms with Gasteiger partial charge in [0.15, 0.2) is 18.1 Å². The molecule has 0 aliphatic carbocycles. The van der Waals surface area contributed by atoms with Gasteiger partial charge < -0.3 is 25.0 Å². The maximum absolute atomic E-state index is 12.5. The molecule has 0 saturated carbocycles. The molecule has 5 rings (SSSR count). The third-order valence-corrected chi connectivity index (χ3v) is 6.01. The van der Waals surface area contributed by atoms with E-state index in [2.05, 4.69) is 35.5 Å². The lowest BCUT2D eigenvalue weighted by atomic mass is 10.1. The standard InChI is InChI=1S/C22H26N8O4/c1-33-18-11-24-16-2-3-19(32)30(21(16)28-18)7-6-29-5-4-14(12-29)8-23-9-15-10-25-22-20(26-15)27-17(31)13-34-22/h2-3,10-11,14,23H,4-9,12-13H2,1H3,(H,26,27,31)/t14-/m0/s1. The van der Waals surface area contributed by atoms with Crippen molar-refractivity contribution >= 4 is 22.9 Å². The van der Waals surface area contributed by atoms with Crippen LogP contribution in [0.15, 0.2) is 29.3 Å². The Kier molecular flexibility index (Phi) is 6.32. The molecule has 3 aromatic rings. The molecule has 0 radical (unpaired) electrons. The van der Waals surface area contributed by atoms with E-state index in [1.54, 1.807) is 23.0 Å². The second-order valence-corrected chi connectivity index (χ2v) is 8.38. The minimum atomic E-state index is -0.227. The maximum Gasteiger partial charge on any atom is 0.263 e. The van der Waals surface area contributed by atoms with Crippen molar-refractivity contribution in [3.63, 3.8) is 0 Å². The quantitative estimate of drug-likeness (QED) is 0.468. The number of nitrogens with one attached hydrogen (secondary N) is 2. The Morgan fingerprint density at radius 3 is 3.00 bits per heavy atom. The Morgan fingerprint density at radius 2 is 2.12 bits per heavy atom. The van der Waals surface area contributed by atoms with E-state index < -0.39 is 0 Å². The van der Waals surface area contributed by atoms with Crippen LogP contribution in [0, 0.1) is 5.92 Å². The summed E-state index contributed by atoms with van der Waals surface area (Å²) in [7, 11) is 1.53. The second-order valence-electron chi connectivity index (χ2n) is 8.38. The summed E-state index contributed by atoms with van der Waals surface area (Å²) < 4.78 is 12.1. The number of hydrogen-bond acceptors (Lipinski definition) is 10. The Balaban J connectivity index is 1.13. The summed E-state index contributed by atoms with van der Waals surface area (Å²) in [5.74, 6) is 1.38.